The Morgan fingerprint density at radius 2 is 1.95 bits per heavy atom. The molecule has 6 heteroatoms. The first-order valence-electron chi connectivity index (χ1n) is 7.14. The largest absolute Gasteiger partial charge is 0.339 e. The van der Waals surface area contributed by atoms with Crippen LogP contribution < -0.4 is 4.90 Å². The lowest BCUT2D eigenvalue weighted by molar-refractivity contribution is -0.131. The van der Waals surface area contributed by atoms with E-state index in [4.69, 9.17) is 0 Å². The van der Waals surface area contributed by atoms with Gasteiger partial charge in [-0.3, -0.25) is 4.79 Å². The molecular formula is C15H18N4OS. The highest BCUT2D eigenvalue weighted by molar-refractivity contribution is 7.07. The Hall–Kier alpha value is -1.95. The van der Waals surface area contributed by atoms with Crippen molar-refractivity contribution in [2.24, 2.45) is 0 Å². The summed E-state index contributed by atoms with van der Waals surface area (Å²) in [5, 5.41) is 4.16. The van der Waals surface area contributed by atoms with E-state index >= 15 is 0 Å². The monoisotopic (exact) mass is 302 g/mol. The highest BCUT2D eigenvalue weighted by atomic mass is 32.1. The van der Waals surface area contributed by atoms with Gasteiger partial charge in [0.2, 0.25) is 11.9 Å². The average molecular weight is 302 g/mol. The summed E-state index contributed by atoms with van der Waals surface area (Å²) < 4.78 is 0. The van der Waals surface area contributed by atoms with Crippen LogP contribution in [0.25, 0.3) is 0 Å². The number of hydrogen-bond donors (Lipinski definition) is 0. The van der Waals surface area contributed by atoms with Crippen LogP contribution in [0.5, 0.6) is 0 Å². The van der Waals surface area contributed by atoms with Gasteiger partial charge in [0.05, 0.1) is 0 Å². The maximum absolute atomic E-state index is 12.2. The van der Waals surface area contributed by atoms with Gasteiger partial charge in [0, 0.05) is 45.0 Å². The van der Waals surface area contributed by atoms with Crippen molar-refractivity contribution in [2.45, 2.75) is 12.8 Å². The average Bonchev–Trinajstić information content (AvgIpc) is 3.07. The third kappa shape index (κ3) is 3.58. The Balaban J connectivity index is 1.48. The van der Waals surface area contributed by atoms with Crippen molar-refractivity contribution in [1.82, 2.24) is 14.9 Å². The van der Waals surface area contributed by atoms with E-state index in [1.807, 2.05) is 11.0 Å². The van der Waals surface area contributed by atoms with Crippen molar-refractivity contribution in [3.05, 3.63) is 40.8 Å². The minimum Gasteiger partial charge on any atom is -0.339 e. The molecule has 3 rings (SSSR count). The molecule has 5 nitrogen and oxygen atoms in total. The standard InChI is InChI=1S/C15H18N4OS/c20-14(3-2-13-4-11-21-12-13)18-7-9-19(10-8-18)15-16-5-1-6-17-15/h1,4-6,11-12H,2-3,7-10H2. The highest BCUT2D eigenvalue weighted by Crippen LogP contribution is 2.13. The zero-order valence-electron chi connectivity index (χ0n) is 11.8. The molecule has 0 saturated carbocycles. The molecule has 0 bridgehead atoms. The number of anilines is 1. The van der Waals surface area contributed by atoms with Gasteiger partial charge < -0.3 is 9.80 Å². The molecule has 1 saturated heterocycles. The lowest BCUT2D eigenvalue weighted by atomic mass is 10.1. The molecule has 0 radical (unpaired) electrons. The minimum absolute atomic E-state index is 0.245. The van der Waals surface area contributed by atoms with Gasteiger partial charge in [-0.15, -0.1) is 0 Å². The number of piperazine rings is 1. The van der Waals surface area contributed by atoms with Crippen LogP contribution >= 0.6 is 11.3 Å². The van der Waals surface area contributed by atoms with Gasteiger partial charge in [0.1, 0.15) is 0 Å². The predicted octanol–water partition coefficient (Wildman–Crippen LogP) is 1.82. The molecule has 2 aromatic heterocycles. The lowest BCUT2D eigenvalue weighted by Gasteiger charge is -2.34. The first-order chi connectivity index (χ1) is 10.3. The van der Waals surface area contributed by atoms with Crippen molar-refractivity contribution in [3.63, 3.8) is 0 Å². The molecule has 3 heterocycles. The molecule has 1 fully saturated rings. The third-order valence-electron chi connectivity index (χ3n) is 3.68. The second-order valence-corrected chi connectivity index (χ2v) is 5.83. The van der Waals surface area contributed by atoms with E-state index in [-0.39, 0.29) is 5.91 Å². The maximum atomic E-state index is 12.2. The fourth-order valence-electron chi connectivity index (χ4n) is 2.45. The molecule has 1 amide bonds. The number of hydrogen-bond acceptors (Lipinski definition) is 5. The van der Waals surface area contributed by atoms with Gasteiger partial charge >= 0.3 is 0 Å². The summed E-state index contributed by atoms with van der Waals surface area (Å²) in [5.41, 5.74) is 1.25. The molecule has 0 atom stereocenters. The molecule has 110 valence electrons. The van der Waals surface area contributed by atoms with E-state index < -0.39 is 0 Å². The number of carbonyl (C=O) groups is 1. The van der Waals surface area contributed by atoms with E-state index in [1.165, 1.54) is 5.56 Å². The van der Waals surface area contributed by atoms with Gasteiger partial charge in [-0.1, -0.05) is 0 Å². The second-order valence-electron chi connectivity index (χ2n) is 5.05. The predicted molar refractivity (Wildman–Crippen MR) is 83.5 cm³/mol. The van der Waals surface area contributed by atoms with E-state index in [1.54, 1.807) is 23.7 Å². The van der Waals surface area contributed by atoms with Gasteiger partial charge in [-0.2, -0.15) is 11.3 Å². The molecular weight excluding hydrogens is 284 g/mol. The second kappa shape index (κ2) is 6.67. The number of nitrogens with zero attached hydrogens (tertiary/aromatic N) is 4. The number of aromatic nitrogens is 2. The van der Waals surface area contributed by atoms with Crippen molar-refractivity contribution in [1.29, 1.82) is 0 Å². The van der Waals surface area contributed by atoms with E-state index in [0.29, 0.717) is 6.42 Å². The Bertz CT molecular complexity index is 565. The minimum atomic E-state index is 0.245. The molecule has 2 aromatic rings. The van der Waals surface area contributed by atoms with Crippen LogP contribution in [0.1, 0.15) is 12.0 Å². The number of rotatable bonds is 4. The molecule has 0 spiro atoms. The summed E-state index contributed by atoms with van der Waals surface area (Å²) in [4.78, 5) is 24.8. The van der Waals surface area contributed by atoms with Gasteiger partial charge in [-0.05, 0) is 34.9 Å². The summed E-state index contributed by atoms with van der Waals surface area (Å²) in [6.45, 7) is 3.10. The molecule has 21 heavy (non-hydrogen) atoms. The summed E-state index contributed by atoms with van der Waals surface area (Å²) in [7, 11) is 0. The SMILES string of the molecule is O=C(CCc1ccsc1)N1CCN(c2ncccn2)CC1. The van der Waals surface area contributed by atoms with Crippen LogP contribution in [0.2, 0.25) is 0 Å². The topological polar surface area (TPSA) is 49.3 Å². The molecule has 0 aromatic carbocycles. The molecule has 0 N–H and O–H groups in total. The summed E-state index contributed by atoms with van der Waals surface area (Å²) in [6.07, 6.45) is 4.93. The van der Waals surface area contributed by atoms with Crippen LogP contribution in [0.4, 0.5) is 5.95 Å². The van der Waals surface area contributed by atoms with Crippen molar-refractivity contribution in [2.75, 3.05) is 31.1 Å². The summed E-state index contributed by atoms with van der Waals surface area (Å²) in [6, 6.07) is 3.90. The highest BCUT2D eigenvalue weighted by Gasteiger charge is 2.22. The normalized spacial score (nSPS) is 15.2. The summed E-state index contributed by atoms with van der Waals surface area (Å²) >= 11 is 1.68. The zero-order chi connectivity index (χ0) is 14.5. The number of aryl methyl sites for hydroxylation is 1. The van der Waals surface area contributed by atoms with E-state index in [2.05, 4.69) is 31.7 Å². The van der Waals surface area contributed by atoms with Crippen molar-refractivity contribution < 1.29 is 4.79 Å². The first kappa shape index (κ1) is 14.0. The Kier molecular flexibility index (Phi) is 4.45. The maximum Gasteiger partial charge on any atom is 0.225 e. The molecule has 1 aliphatic rings. The Morgan fingerprint density at radius 3 is 2.62 bits per heavy atom. The van der Waals surface area contributed by atoms with Crippen molar-refractivity contribution in [3.8, 4) is 0 Å². The van der Waals surface area contributed by atoms with Gasteiger partial charge in [0.25, 0.3) is 0 Å². The van der Waals surface area contributed by atoms with Crippen molar-refractivity contribution >= 4 is 23.2 Å². The van der Waals surface area contributed by atoms with Crippen LogP contribution in [-0.4, -0.2) is 47.0 Å². The van der Waals surface area contributed by atoms with Gasteiger partial charge in [-0.25, -0.2) is 9.97 Å². The number of thiophene rings is 1. The van der Waals surface area contributed by atoms with Crippen LogP contribution in [-0.2, 0) is 11.2 Å². The molecule has 0 aliphatic carbocycles. The Labute approximate surface area is 128 Å². The smallest absolute Gasteiger partial charge is 0.225 e. The lowest BCUT2D eigenvalue weighted by Crippen LogP contribution is -2.49. The quantitative estimate of drug-likeness (QED) is 0.864. The molecule has 1 aliphatic heterocycles. The number of amides is 1. The number of carbonyl (C=O) groups excluding carboxylic acids is 1. The molecule has 0 unspecified atom stereocenters. The fraction of sp³-hybridized carbons (Fsp3) is 0.400. The Morgan fingerprint density at radius 1 is 1.19 bits per heavy atom. The fourth-order valence-corrected chi connectivity index (χ4v) is 3.16. The van der Waals surface area contributed by atoms with Gasteiger partial charge in [0.15, 0.2) is 0 Å². The zero-order valence-corrected chi connectivity index (χ0v) is 12.6. The van der Waals surface area contributed by atoms with Crippen LogP contribution in [0.3, 0.4) is 0 Å². The van der Waals surface area contributed by atoms with Crippen LogP contribution in [0.15, 0.2) is 35.3 Å². The summed E-state index contributed by atoms with van der Waals surface area (Å²) in [5.74, 6) is 0.998. The first-order valence-corrected chi connectivity index (χ1v) is 8.08. The van der Waals surface area contributed by atoms with E-state index in [9.17, 15) is 4.79 Å². The van der Waals surface area contributed by atoms with E-state index in [0.717, 1.165) is 38.5 Å². The third-order valence-corrected chi connectivity index (χ3v) is 4.41. The van der Waals surface area contributed by atoms with Crippen LogP contribution in [0, 0.1) is 0 Å².